The van der Waals surface area contributed by atoms with Gasteiger partial charge >= 0.3 is 5.91 Å². The first-order valence-electron chi connectivity index (χ1n) is 11.3. The molecule has 0 saturated carbocycles. The summed E-state index contributed by atoms with van der Waals surface area (Å²) in [7, 11) is 0. The number of furan rings is 1. The van der Waals surface area contributed by atoms with Gasteiger partial charge in [-0.05, 0) is 62.3 Å². The van der Waals surface area contributed by atoms with Crippen LogP contribution in [0.5, 0.6) is 5.75 Å². The lowest BCUT2D eigenvalue weighted by Gasteiger charge is -2.14. The minimum atomic E-state index is -0.599. The van der Waals surface area contributed by atoms with Crippen molar-refractivity contribution >= 4 is 63.7 Å². The number of thiocarbonyl (C=S) groups is 1. The number of halogens is 2. The zero-order valence-electron chi connectivity index (χ0n) is 19.7. The van der Waals surface area contributed by atoms with Gasteiger partial charge in [0.15, 0.2) is 17.5 Å². The summed E-state index contributed by atoms with van der Waals surface area (Å²) in [5, 5.41) is 8.58. The van der Waals surface area contributed by atoms with Crippen LogP contribution in [0.1, 0.15) is 40.3 Å². The third kappa shape index (κ3) is 6.79. The third-order valence-electron chi connectivity index (χ3n) is 5.42. The molecule has 0 unspecified atom stereocenters. The summed E-state index contributed by atoms with van der Waals surface area (Å²) < 4.78 is 11.2. The Morgan fingerprint density at radius 2 is 1.89 bits per heavy atom. The van der Waals surface area contributed by atoms with E-state index in [4.69, 9.17) is 44.6 Å². The van der Waals surface area contributed by atoms with Crippen molar-refractivity contribution in [3.05, 3.63) is 81.2 Å². The largest absolute Gasteiger partial charge is 0.482 e. The van der Waals surface area contributed by atoms with Crippen LogP contribution in [0.25, 0.3) is 0 Å². The number of carbonyl (C=O) groups excluding carboxylic acids is 2. The molecule has 0 bridgehead atoms. The number of hydrogen-bond donors (Lipinski definition) is 4. The van der Waals surface area contributed by atoms with Crippen molar-refractivity contribution in [2.24, 2.45) is 5.10 Å². The van der Waals surface area contributed by atoms with E-state index < -0.39 is 11.8 Å². The van der Waals surface area contributed by atoms with Gasteiger partial charge in [-0.25, -0.2) is 0 Å². The number of hydrazine groups is 1. The predicted molar refractivity (Wildman–Crippen MR) is 146 cm³/mol. The monoisotopic (exact) mass is 559 g/mol. The maximum atomic E-state index is 12.7. The molecule has 4 N–H and O–H groups in total. The molecule has 0 spiro atoms. The number of fused-ring (bicyclic) bond motifs is 1. The number of hydrogen-bond acceptors (Lipinski definition) is 6. The number of nitrogens with zero attached hydrogens (tertiary/aromatic N) is 1. The van der Waals surface area contributed by atoms with E-state index in [1.807, 2.05) is 30.3 Å². The van der Waals surface area contributed by atoms with E-state index in [9.17, 15) is 9.59 Å². The number of hydrazone groups is 1. The number of nitrogens with one attached hydrogen (secondary N) is 4. The Labute approximate surface area is 228 Å². The van der Waals surface area contributed by atoms with Gasteiger partial charge in [-0.3, -0.25) is 25.9 Å². The Morgan fingerprint density at radius 3 is 2.65 bits per heavy atom. The van der Waals surface area contributed by atoms with Crippen LogP contribution in [0.4, 0.5) is 5.69 Å². The fraction of sp³-hybridized carbons (Fsp3) is 0.200. The summed E-state index contributed by atoms with van der Waals surface area (Å²) in [6.07, 6.45) is 2.16. The van der Waals surface area contributed by atoms with Crippen molar-refractivity contribution in [1.82, 2.24) is 16.3 Å². The molecule has 37 heavy (non-hydrogen) atoms. The number of carbonyl (C=O) groups is 2. The van der Waals surface area contributed by atoms with E-state index in [2.05, 4.69) is 26.7 Å². The van der Waals surface area contributed by atoms with Gasteiger partial charge in [-0.15, -0.1) is 0 Å². The standard InChI is InChI=1S/C25H23Cl2N5O4S/c1-14-22-18(29-32-25(37)28-16-6-3-2-4-7-16)8-5-9-20(22)36-23(14)24(34)31-30-21(33)13-35-19-11-10-15(26)12-17(19)27/h2-4,6-7,10-12H,5,8-9,13H2,1H3,(H,30,33)(H,31,34)(H2,28,32,37)/b29-18+. The van der Waals surface area contributed by atoms with Crippen molar-refractivity contribution in [2.45, 2.75) is 26.2 Å². The van der Waals surface area contributed by atoms with E-state index in [-0.39, 0.29) is 17.4 Å². The topological polar surface area (TPSA) is 117 Å². The molecule has 1 heterocycles. The minimum absolute atomic E-state index is 0.0894. The number of aryl methyl sites for hydroxylation is 1. The van der Waals surface area contributed by atoms with E-state index in [0.717, 1.165) is 23.4 Å². The van der Waals surface area contributed by atoms with Crippen LogP contribution >= 0.6 is 35.4 Å². The summed E-state index contributed by atoms with van der Waals surface area (Å²) in [4.78, 5) is 24.9. The Balaban J connectivity index is 1.35. The van der Waals surface area contributed by atoms with Crippen molar-refractivity contribution in [1.29, 1.82) is 0 Å². The van der Waals surface area contributed by atoms with Gasteiger partial charge in [0.2, 0.25) is 0 Å². The highest BCUT2D eigenvalue weighted by Gasteiger charge is 2.28. The summed E-state index contributed by atoms with van der Waals surface area (Å²) in [6.45, 7) is 1.40. The van der Waals surface area contributed by atoms with Crippen molar-refractivity contribution in [3.8, 4) is 5.75 Å². The highest BCUT2D eigenvalue weighted by atomic mass is 35.5. The fourth-order valence-electron chi connectivity index (χ4n) is 3.75. The molecule has 0 radical (unpaired) electrons. The zero-order valence-corrected chi connectivity index (χ0v) is 22.0. The molecule has 2 aromatic carbocycles. The molecule has 192 valence electrons. The Bertz CT molecular complexity index is 1360. The first kappa shape index (κ1) is 26.5. The molecule has 0 saturated heterocycles. The molecule has 2 amide bonds. The van der Waals surface area contributed by atoms with Crippen molar-refractivity contribution < 1.29 is 18.7 Å². The van der Waals surface area contributed by atoms with Crippen LogP contribution < -0.4 is 26.3 Å². The zero-order chi connectivity index (χ0) is 26.4. The lowest BCUT2D eigenvalue weighted by Crippen LogP contribution is -2.43. The molecule has 0 aliphatic heterocycles. The predicted octanol–water partition coefficient (Wildman–Crippen LogP) is 4.76. The SMILES string of the molecule is Cc1c(C(=O)NNC(=O)COc2ccc(Cl)cc2Cl)oc2c1/C(=N/NC(=S)Nc1ccccc1)CCC2. The highest BCUT2D eigenvalue weighted by molar-refractivity contribution is 7.80. The van der Waals surface area contributed by atoms with Crippen LogP contribution in [0.15, 0.2) is 58.0 Å². The average Bonchev–Trinajstić information content (AvgIpc) is 3.23. The molecular weight excluding hydrogens is 537 g/mol. The van der Waals surface area contributed by atoms with Gasteiger partial charge in [0.1, 0.15) is 11.5 Å². The number of ether oxygens (including phenoxy) is 1. The van der Waals surface area contributed by atoms with Crippen LogP contribution in [0, 0.1) is 6.92 Å². The molecule has 0 atom stereocenters. The van der Waals surface area contributed by atoms with Crippen LogP contribution in [0.2, 0.25) is 10.0 Å². The molecule has 0 fully saturated rings. The number of anilines is 1. The third-order valence-corrected chi connectivity index (χ3v) is 6.15. The average molecular weight is 560 g/mol. The number of rotatable bonds is 6. The van der Waals surface area contributed by atoms with E-state index >= 15 is 0 Å². The van der Waals surface area contributed by atoms with Gasteiger partial charge in [0.25, 0.3) is 5.91 Å². The quantitative estimate of drug-likeness (QED) is 0.254. The molecule has 1 aliphatic rings. The molecular formula is C25H23Cl2N5O4S. The first-order chi connectivity index (χ1) is 17.8. The summed E-state index contributed by atoms with van der Waals surface area (Å²) in [5.41, 5.74) is 10.5. The summed E-state index contributed by atoms with van der Waals surface area (Å²) in [6, 6.07) is 14.1. The second-order valence-electron chi connectivity index (χ2n) is 8.06. The number of para-hydroxylation sites is 1. The van der Waals surface area contributed by atoms with Gasteiger partial charge in [0.05, 0.1) is 10.7 Å². The Kier molecular flexibility index (Phi) is 8.65. The summed E-state index contributed by atoms with van der Waals surface area (Å²) in [5.74, 6) is -0.145. The second-order valence-corrected chi connectivity index (χ2v) is 9.32. The molecule has 1 aromatic heterocycles. The molecule has 3 aromatic rings. The van der Waals surface area contributed by atoms with E-state index in [0.29, 0.717) is 40.0 Å². The van der Waals surface area contributed by atoms with Crippen LogP contribution in [0.3, 0.4) is 0 Å². The Hall–Kier alpha value is -3.60. The van der Waals surface area contributed by atoms with Gasteiger partial charge in [-0.1, -0.05) is 41.4 Å². The van der Waals surface area contributed by atoms with Gasteiger partial charge in [-0.2, -0.15) is 5.10 Å². The Morgan fingerprint density at radius 1 is 1.11 bits per heavy atom. The van der Waals surface area contributed by atoms with E-state index in [1.165, 1.54) is 6.07 Å². The lowest BCUT2D eigenvalue weighted by molar-refractivity contribution is -0.123. The van der Waals surface area contributed by atoms with Crippen molar-refractivity contribution in [3.63, 3.8) is 0 Å². The first-order valence-corrected chi connectivity index (χ1v) is 12.5. The van der Waals surface area contributed by atoms with Crippen LogP contribution in [-0.4, -0.2) is 29.2 Å². The fourth-order valence-corrected chi connectivity index (χ4v) is 4.38. The van der Waals surface area contributed by atoms with E-state index in [1.54, 1.807) is 19.1 Å². The summed E-state index contributed by atoms with van der Waals surface area (Å²) >= 11 is 17.2. The molecule has 4 rings (SSSR count). The normalized spacial score (nSPS) is 13.4. The van der Waals surface area contributed by atoms with Gasteiger partial charge in [0, 0.05) is 28.3 Å². The van der Waals surface area contributed by atoms with Crippen LogP contribution in [-0.2, 0) is 11.2 Å². The highest BCUT2D eigenvalue weighted by Crippen LogP contribution is 2.30. The lowest BCUT2D eigenvalue weighted by atomic mass is 9.93. The molecule has 12 heteroatoms. The van der Waals surface area contributed by atoms with Gasteiger partial charge < -0.3 is 14.5 Å². The maximum Gasteiger partial charge on any atom is 0.305 e. The number of amides is 2. The smallest absolute Gasteiger partial charge is 0.305 e. The number of benzene rings is 2. The maximum absolute atomic E-state index is 12.7. The molecule has 9 nitrogen and oxygen atoms in total. The second kappa shape index (κ2) is 12.1. The van der Waals surface area contributed by atoms with Crippen molar-refractivity contribution in [2.75, 3.05) is 11.9 Å². The minimum Gasteiger partial charge on any atom is -0.482 e. The molecule has 1 aliphatic carbocycles.